The highest BCUT2D eigenvalue weighted by molar-refractivity contribution is 5.75. The molecule has 24 heavy (non-hydrogen) atoms. The van der Waals surface area contributed by atoms with E-state index < -0.39 is 5.97 Å². The molecule has 0 radical (unpaired) electrons. The number of rotatable bonds is 8. The predicted molar refractivity (Wildman–Crippen MR) is 90.8 cm³/mol. The van der Waals surface area contributed by atoms with Crippen molar-refractivity contribution in [1.29, 1.82) is 0 Å². The third kappa shape index (κ3) is 5.70. The minimum Gasteiger partial charge on any atom is -0.481 e. The second-order valence-electron chi connectivity index (χ2n) is 5.90. The zero-order valence-electron chi connectivity index (χ0n) is 13.6. The number of hydrogen-bond donors (Lipinski definition) is 3. The molecule has 1 fully saturated rings. The molecule has 1 aromatic rings. The molecule has 0 aromatic heterocycles. The molecule has 2 rings (SSSR count). The molecule has 1 unspecified atom stereocenters. The van der Waals surface area contributed by atoms with Crippen LogP contribution in [0.5, 0.6) is 0 Å². The summed E-state index contributed by atoms with van der Waals surface area (Å²) in [5.41, 5.74) is 1.06. The first-order chi connectivity index (χ1) is 11.6. The topological polar surface area (TPSA) is 87.7 Å². The van der Waals surface area contributed by atoms with Gasteiger partial charge in [-0.2, -0.15) is 0 Å². The molecule has 1 aliphatic heterocycles. The molecule has 1 aliphatic rings. The van der Waals surface area contributed by atoms with Crippen molar-refractivity contribution >= 4 is 12.0 Å². The molecule has 2 amide bonds. The van der Waals surface area contributed by atoms with Gasteiger partial charge in [-0.05, 0) is 24.8 Å². The smallest absolute Gasteiger partial charge is 0.315 e. The lowest BCUT2D eigenvalue weighted by atomic mass is 10.0. The summed E-state index contributed by atoms with van der Waals surface area (Å²) < 4.78 is 5.46. The van der Waals surface area contributed by atoms with Gasteiger partial charge in [-0.15, -0.1) is 6.58 Å². The number of carbonyl (C=O) groups is 2. The SMILES string of the molecule is C=C[C@@H]1OCC[C@H]1NC(=O)NC(CCC(=O)O)Cc1ccccc1. The van der Waals surface area contributed by atoms with Gasteiger partial charge in [0.2, 0.25) is 0 Å². The van der Waals surface area contributed by atoms with Crippen LogP contribution in [0.2, 0.25) is 0 Å². The first-order valence-electron chi connectivity index (χ1n) is 8.15. The maximum absolute atomic E-state index is 12.2. The number of urea groups is 1. The second-order valence-corrected chi connectivity index (χ2v) is 5.90. The summed E-state index contributed by atoms with van der Waals surface area (Å²) in [4.78, 5) is 23.1. The molecule has 1 heterocycles. The fourth-order valence-corrected chi connectivity index (χ4v) is 2.82. The molecule has 0 spiro atoms. The van der Waals surface area contributed by atoms with E-state index in [1.165, 1.54) is 0 Å². The van der Waals surface area contributed by atoms with Crippen LogP contribution < -0.4 is 10.6 Å². The zero-order chi connectivity index (χ0) is 17.4. The molecule has 1 aromatic carbocycles. The van der Waals surface area contributed by atoms with Gasteiger partial charge in [0, 0.05) is 19.1 Å². The standard InChI is InChI=1S/C18H24N2O4/c1-2-16-15(10-11-24-16)20-18(23)19-14(8-9-17(21)22)12-13-6-4-3-5-7-13/h2-7,14-16H,1,8-12H2,(H,21,22)(H2,19,20,23)/t14?,15-,16+/m1/s1. The first kappa shape index (κ1) is 18.0. The molecule has 1 saturated heterocycles. The average Bonchev–Trinajstić information content (AvgIpc) is 3.00. The van der Waals surface area contributed by atoms with Crippen LogP contribution >= 0.6 is 0 Å². The number of carboxylic acids is 1. The molecule has 0 bridgehead atoms. The van der Waals surface area contributed by atoms with E-state index in [2.05, 4.69) is 17.2 Å². The van der Waals surface area contributed by atoms with Crippen molar-refractivity contribution in [2.24, 2.45) is 0 Å². The predicted octanol–water partition coefficient (Wildman–Crippen LogP) is 2.11. The van der Waals surface area contributed by atoms with Crippen molar-refractivity contribution < 1.29 is 19.4 Å². The summed E-state index contributed by atoms with van der Waals surface area (Å²) in [7, 11) is 0. The summed E-state index contributed by atoms with van der Waals surface area (Å²) in [6.07, 6.45) is 3.23. The van der Waals surface area contributed by atoms with Gasteiger partial charge in [0.05, 0.1) is 12.1 Å². The lowest BCUT2D eigenvalue weighted by Gasteiger charge is -2.22. The molecule has 6 heteroatoms. The summed E-state index contributed by atoms with van der Waals surface area (Å²) in [5, 5.41) is 14.7. The second kappa shape index (κ2) is 9.08. The minimum absolute atomic E-state index is 0.0135. The quantitative estimate of drug-likeness (QED) is 0.636. The zero-order valence-corrected chi connectivity index (χ0v) is 13.6. The van der Waals surface area contributed by atoms with Crippen molar-refractivity contribution in [3.63, 3.8) is 0 Å². The fraction of sp³-hybridized carbons (Fsp3) is 0.444. The van der Waals surface area contributed by atoms with Gasteiger partial charge >= 0.3 is 12.0 Å². The Labute approximate surface area is 141 Å². The van der Waals surface area contributed by atoms with Gasteiger partial charge in [0.25, 0.3) is 0 Å². The first-order valence-corrected chi connectivity index (χ1v) is 8.15. The van der Waals surface area contributed by atoms with E-state index in [0.29, 0.717) is 19.4 Å². The fourth-order valence-electron chi connectivity index (χ4n) is 2.82. The Kier molecular flexibility index (Phi) is 6.81. The van der Waals surface area contributed by atoms with Gasteiger partial charge in [-0.25, -0.2) is 4.79 Å². The van der Waals surface area contributed by atoms with Crippen LogP contribution in [-0.2, 0) is 16.0 Å². The van der Waals surface area contributed by atoms with E-state index in [0.717, 1.165) is 12.0 Å². The largest absolute Gasteiger partial charge is 0.481 e. The third-order valence-electron chi connectivity index (χ3n) is 4.05. The number of nitrogens with one attached hydrogen (secondary N) is 2. The molecule has 0 aliphatic carbocycles. The lowest BCUT2D eigenvalue weighted by molar-refractivity contribution is -0.137. The Hall–Kier alpha value is -2.34. The summed E-state index contributed by atoms with van der Waals surface area (Å²) >= 11 is 0. The lowest BCUT2D eigenvalue weighted by Crippen LogP contribution is -2.49. The Balaban J connectivity index is 1.92. The number of carbonyl (C=O) groups excluding carboxylic acids is 1. The Morgan fingerprint density at radius 1 is 1.38 bits per heavy atom. The highest BCUT2D eigenvalue weighted by atomic mass is 16.5. The van der Waals surface area contributed by atoms with Crippen molar-refractivity contribution in [3.05, 3.63) is 48.6 Å². The summed E-state index contributed by atoms with van der Waals surface area (Å²) in [6, 6.07) is 9.06. The van der Waals surface area contributed by atoms with Gasteiger partial charge in [0.15, 0.2) is 0 Å². The van der Waals surface area contributed by atoms with Crippen LogP contribution in [0, 0.1) is 0 Å². The molecular formula is C18H24N2O4. The van der Waals surface area contributed by atoms with Gasteiger partial charge in [-0.3, -0.25) is 4.79 Å². The van der Waals surface area contributed by atoms with E-state index in [1.54, 1.807) is 6.08 Å². The van der Waals surface area contributed by atoms with E-state index in [9.17, 15) is 9.59 Å². The highest BCUT2D eigenvalue weighted by Crippen LogP contribution is 2.14. The summed E-state index contributed by atoms with van der Waals surface area (Å²) in [5.74, 6) is -0.869. The molecule has 130 valence electrons. The van der Waals surface area contributed by atoms with Gasteiger partial charge in [-0.1, -0.05) is 36.4 Å². The molecule has 6 nitrogen and oxygen atoms in total. The number of carboxylic acid groups (broad SMARTS) is 1. The third-order valence-corrected chi connectivity index (χ3v) is 4.05. The number of amides is 2. The maximum atomic E-state index is 12.2. The van der Waals surface area contributed by atoms with Crippen molar-refractivity contribution in [1.82, 2.24) is 10.6 Å². The Morgan fingerprint density at radius 2 is 2.12 bits per heavy atom. The van der Waals surface area contributed by atoms with E-state index in [1.807, 2.05) is 30.3 Å². The van der Waals surface area contributed by atoms with Gasteiger partial charge in [0.1, 0.15) is 0 Å². The monoisotopic (exact) mass is 332 g/mol. The molecule has 0 saturated carbocycles. The van der Waals surface area contributed by atoms with Crippen LogP contribution in [0.15, 0.2) is 43.0 Å². The van der Waals surface area contributed by atoms with Crippen molar-refractivity contribution in [3.8, 4) is 0 Å². The van der Waals surface area contributed by atoms with Crippen LogP contribution in [0.1, 0.15) is 24.8 Å². The number of aliphatic carboxylic acids is 1. The maximum Gasteiger partial charge on any atom is 0.315 e. The Bertz CT molecular complexity index is 561. The van der Waals surface area contributed by atoms with E-state index in [-0.39, 0.29) is 30.6 Å². The van der Waals surface area contributed by atoms with Crippen molar-refractivity contribution in [2.45, 2.75) is 43.9 Å². The number of ether oxygens (including phenoxy) is 1. The van der Waals surface area contributed by atoms with Crippen LogP contribution in [-0.4, -0.2) is 41.9 Å². The number of benzene rings is 1. The normalized spacial score (nSPS) is 21.0. The Morgan fingerprint density at radius 3 is 2.79 bits per heavy atom. The molecule has 3 atom stereocenters. The average molecular weight is 332 g/mol. The number of hydrogen-bond acceptors (Lipinski definition) is 3. The van der Waals surface area contributed by atoms with Crippen LogP contribution in [0.25, 0.3) is 0 Å². The van der Waals surface area contributed by atoms with Crippen molar-refractivity contribution in [2.75, 3.05) is 6.61 Å². The molecular weight excluding hydrogens is 308 g/mol. The minimum atomic E-state index is -0.869. The molecule has 3 N–H and O–H groups in total. The highest BCUT2D eigenvalue weighted by Gasteiger charge is 2.27. The van der Waals surface area contributed by atoms with E-state index >= 15 is 0 Å². The van der Waals surface area contributed by atoms with Gasteiger partial charge < -0.3 is 20.5 Å². The van der Waals surface area contributed by atoms with E-state index in [4.69, 9.17) is 9.84 Å². The van der Waals surface area contributed by atoms with Crippen LogP contribution in [0.3, 0.4) is 0 Å². The van der Waals surface area contributed by atoms with Crippen LogP contribution in [0.4, 0.5) is 4.79 Å². The summed E-state index contributed by atoms with van der Waals surface area (Å²) in [6.45, 7) is 4.30.